The van der Waals surface area contributed by atoms with Crippen molar-refractivity contribution >= 4 is 33.6 Å². The summed E-state index contributed by atoms with van der Waals surface area (Å²) in [5.74, 6) is -2.63. The molecule has 0 unspecified atom stereocenters. The topological polar surface area (TPSA) is 93.2 Å². The molecule has 0 aromatic heterocycles. The molecule has 1 heterocycles. The first-order valence-electron chi connectivity index (χ1n) is 11.3. The molecule has 2 aromatic rings. The third kappa shape index (κ3) is 6.44. The summed E-state index contributed by atoms with van der Waals surface area (Å²) in [6.45, 7) is 3.97. The number of hydrogen-bond acceptors (Lipinski definition) is 6. The number of ether oxygens (including phenoxy) is 2. The Bertz CT molecular complexity index is 1190. The molecule has 12 heteroatoms. The minimum atomic E-state index is -4.23. The number of halogens is 3. The van der Waals surface area contributed by atoms with Crippen LogP contribution in [0.15, 0.2) is 47.4 Å². The van der Waals surface area contributed by atoms with Gasteiger partial charge in [-0.1, -0.05) is 18.5 Å². The second-order valence-corrected chi connectivity index (χ2v) is 10.8. The minimum absolute atomic E-state index is 0.131. The molecule has 2 aromatic carbocycles. The Balaban J connectivity index is 1.76. The van der Waals surface area contributed by atoms with Crippen molar-refractivity contribution in [2.75, 3.05) is 39.4 Å². The van der Waals surface area contributed by atoms with E-state index in [4.69, 9.17) is 21.1 Å². The molecule has 8 nitrogen and oxygen atoms in total. The first-order valence-corrected chi connectivity index (χ1v) is 13.2. The van der Waals surface area contributed by atoms with Gasteiger partial charge in [0, 0.05) is 42.7 Å². The van der Waals surface area contributed by atoms with E-state index in [2.05, 4.69) is 0 Å². The highest BCUT2D eigenvalue weighted by Gasteiger charge is 2.37. The van der Waals surface area contributed by atoms with Crippen LogP contribution in [0.1, 0.15) is 24.7 Å². The van der Waals surface area contributed by atoms with Crippen molar-refractivity contribution < 1.29 is 36.3 Å². The van der Waals surface area contributed by atoms with Gasteiger partial charge in [0.2, 0.25) is 0 Å². The number of carbonyl (C=O) groups is 2. The van der Waals surface area contributed by atoms with Crippen LogP contribution in [0.4, 0.5) is 18.4 Å². The maximum Gasteiger partial charge on any atom is 0.409 e. The largest absolute Gasteiger partial charge is 0.450 e. The number of piperazine rings is 1. The van der Waals surface area contributed by atoms with Gasteiger partial charge < -0.3 is 19.3 Å². The maximum atomic E-state index is 14.7. The highest BCUT2D eigenvalue weighted by molar-refractivity contribution is 7.91. The van der Waals surface area contributed by atoms with Gasteiger partial charge in [0.05, 0.1) is 23.4 Å². The van der Waals surface area contributed by atoms with E-state index in [1.54, 1.807) is 6.92 Å². The summed E-state index contributed by atoms with van der Waals surface area (Å²) >= 11 is 5.87. The van der Waals surface area contributed by atoms with Gasteiger partial charge in [0.15, 0.2) is 9.84 Å². The molecule has 1 saturated heterocycles. The summed E-state index contributed by atoms with van der Waals surface area (Å²) in [6.07, 6.45) is -1.17. The lowest BCUT2D eigenvalue weighted by atomic mass is 10.0. The third-order valence-electron chi connectivity index (χ3n) is 5.79. The SMILES string of the molecule is CCOC(=O)N1CCN(C(=O)OC[C@@H](C)[C@@H](c2cc(F)ccc2F)S(=O)(=O)c2ccc(Cl)cc2)CC1. The van der Waals surface area contributed by atoms with E-state index in [1.165, 1.54) is 41.0 Å². The Kier molecular flexibility index (Phi) is 9.13. The van der Waals surface area contributed by atoms with Crippen LogP contribution in [0, 0.1) is 17.6 Å². The molecule has 1 aliphatic rings. The second-order valence-electron chi connectivity index (χ2n) is 8.31. The number of sulfone groups is 1. The van der Waals surface area contributed by atoms with Crippen LogP contribution in [0.2, 0.25) is 5.02 Å². The first kappa shape index (κ1) is 27.7. The van der Waals surface area contributed by atoms with E-state index in [9.17, 15) is 26.8 Å². The zero-order chi connectivity index (χ0) is 26.5. The van der Waals surface area contributed by atoms with Gasteiger partial charge >= 0.3 is 12.2 Å². The molecular formula is C24H27ClF2N2O6S. The summed E-state index contributed by atoms with van der Waals surface area (Å²) in [4.78, 5) is 27.2. The van der Waals surface area contributed by atoms with Crippen molar-refractivity contribution in [2.45, 2.75) is 24.0 Å². The van der Waals surface area contributed by atoms with Crippen LogP contribution in [-0.4, -0.2) is 69.8 Å². The number of benzene rings is 2. The smallest absolute Gasteiger partial charge is 0.409 e. The maximum absolute atomic E-state index is 14.7. The van der Waals surface area contributed by atoms with Gasteiger partial charge in [-0.3, -0.25) is 0 Å². The fourth-order valence-corrected chi connectivity index (χ4v) is 6.09. The van der Waals surface area contributed by atoms with Crippen LogP contribution in [0.5, 0.6) is 0 Å². The number of nitrogens with zero attached hydrogens (tertiary/aromatic N) is 2. The highest BCUT2D eigenvalue weighted by atomic mass is 35.5. The average Bonchev–Trinajstić information content (AvgIpc) is 2.85. The van der Waals surface area contributed by atoms with Crippen LogP contribution in [0.25, 0.3) is 0 Å². The average molecular weight is 545 g/mol. The van der Waals surface area contributed by atoms with Gasteiger partial charge in [-0.15, -0.1) is 0 Å². The summed E-state index contributed by atoms with van der Waals surface area (Å²) in [5, 5.41) is -1.23. The lowest BCUT2D eigenvalue weighted by Gasteiger charge is -2.33. The third-order valence-corrected chi connectivity index (χ3v) is 8.36. The first-order chi connectivity index (χ1) is 17.0. The van der Waals surface area contributed by atoms with Gasteiger partial charge in [0.1, 0.15) is 11.6 Å². The van der Waals surface area contributed by atoms with Gasteiger partial charge in [-0.25, -0.2) is 26.8 Å². The fraction of sp³-hybridized carbons (Fsp3) is 0.417. The van der Waals surface area contributed by atoms with E-state index in [-0.39, 0.29) is 49.9 Å². The zero-order valence-electron chi connectivity index (χ0n) is 19.8. The lowest BCUT2D eigenvalue weighted by molar-refractivity contribution is 0.0568. The van der Waals surface area contributed by atoms with E-state index in [0.29, 0.717) is 5.02 Å². The molecule has 36 heavy (non-hydrogen) atoms. The van der Waals surface area contributed by atoms with Gasteiger partial charge in [-0.2, -0.15) is 0 Å². The standard InChI is InChI=1S/C24H27ClF2N2O6S/c1-3-34-23(30)28-10-12-29(13-11-28)24(31)35-15-16(2)22(20-14-18(26)6-9-21(20)27)36(32,33)19-7-4-17(25)5-8-19/h4-9,14,16,22H,3,10-13,15H2,1-2H3/t16-,22+/m1/s1. The van der Waals surface area contributed by atoms with Crippen molar-refractivity contribution in [2.24, 2.45) is 5.92 Å². The van der Waals surface area contributed by atoms with Crippen molar-refractivity contribution in [3.05, 3.63) is 64.7 Å². The molecule has 0 bridgehead atoms. The Morgan fingerprint density at radius 3 is 2.08 bits per heavy atom. The Morgan fingerprint density at radius 1 is 0.972 bits per heavy atom. The molecule has 0 N–H and O–H groups in total. The lowest BCUT2D eigenvalue weighted by Crippen LogP contribution is -2.51. The normalized spacial score (nSPS) is 15.8. The molecule has 2 atom stereocenters. The summed E-state index contributed by atoms with van der Waals surface area (Å²) in [6, 6.07) is 7.91. The van der Waals surface area contributed by atoms with Crippen molar-refractivity contribution in [1.82, 2.24) is 9.80 Å². The summed E-state index contributed by atoms with van der Waals surface area (Å²) in [7, 11) is -4.23. The van der Waals surface area contributed by atoms with E-state index < -0.39 is 44.8 Å². The molecule has 3 rings (SSSR count). The number of amides is 2. The molecule has 0 spiro atoms. The predicted octanol–water partition coefficient (Wildman–Crippen LogP) is 4.68. The zero-order valence-corrected chi connectivity index (χ0v) is 21.4. The summed E-state index contributed by atoms with van der Waals surface area (Å²) in [5.41, 5.74) is -0.364. The molecule has 1 aliphatic heterocycles. The van der Waals surface area contributed by atoms with Crippen molar-refractivity contribution in [1.29, 1.82) is 0 Å². The van der Waals surface area contributed by atoms with Crippen LogP contribution >= 0.6 is 11.6 Å². The van der Waals surface area contributed by atoms with Crippen molar-refractivity contribution in [3.63, 3.8) is 0 Å². The van der Waals surface area contributed by atoms with E-state index in [1.807, 2.05) is 0 Å². The van der Waals surface area contributed by atoms with Crippen molar-refractivity contribution in [3.8, 4) is 0 Å². The van der Waals surface area contributed by atoms with E-state index in [0.717, 1.165) is 18.2 Å². The fourth-order valence-electron chi connectivity index (χ4n) is 3.95. The van der Waals surface area contributed by atoms with Gasteiger partial charge in [0.25, 0.3) is 0 Å². The summed E-state index contributed by atoms with van der Waals surface area (Å²) < 4.78 is 66.1. The second kappa shape index (κ2) is 11.9. The Morgan fingerprint density at radius 2 is 1.53 bits per heavy atom. The molecule has 0 aliphatic carbocycles. The number of rotatable bonds is 7. The predicted molar refractivity (Wildman–Crippen MR) is 128 cm³/mol. The van der Waals surface area contributed by atoms with Crippen LogP contribution in [-0.2, 0) is 19.3 Å². The van der Waals surface area contributed by atoms with Crippen LogP contribution in [0.3, 0.4) is 0 Å². The van der Waals surface area contributed by atoms with Gasteiger partial charge in [-0.05, 0) is 49.4 Å². The molecule has 2 amide bonds. The number of carbonyl (C=O) groups excluding carboxylic acids is 2. The number of hydrogen-bond donors (Lipinski definition) is 0. The van der Waals surface area contributed by atoms with E-state index >= 15 is 0 Å². The molecule has 0 radical (unpaired) electrons. The molecular weight excluding hydrogens is 518 g/mol. The Labute approximate surface area is 213 Å². The monoisotopic (exact) mass is 544 g/mol. The highest BCUT2D eigenvalue weighted by Crippen LogP contribution is 2.37. The van der Waals surface area contributed by atoms with Crippen LogP contribution < -0.4 is 0 Å². The molecule has 1 fully saturated rings. The quantitative estimate of drug-likeness (QED) is 0.502. The molecule has 196 valence electrons. The Hall–Kier alpha value is -2.92. The minimum Gasteiger partial charge on any atom is -0.450 e. The molecule has 0 saturated carbocycles.